The Morgan fingerprint density at radius 1 is 0.833 bits per heavy atom. The van der Waals surface area contributed by atoms with Crippen LogP contribution in [0, 0.1) is 0 Å². The number of pyridine rings is 1. The third-order valence-electron chi connectivity index (χ3n) is 3.40. The molecular formula is C17H15N. The first-order valence-corrected chi connectivity index (χ1v) is 6.24. The molecule has 1 heteroatoms. The Hall–Kier alpha value is -2.15. The summed E-state index contributed by atoms with van der Waals surface area (Å²) in [6.45, 7) is 2.20. The van der Waals surface area contributed by atoms with Gasteiger partial charge in [-0.15, -0.1) is 0 Å². The molecule has 0 aliphatic carbocycles. The number of hydrogen-bond acceptors (Lipinski definition) is 1. The molecule has 18 heavy (non-hydrogen) atoms. The fraction of sp³-hybridized carbons (Fsp3) is 0.118. The lowest BCUT2D eigenvalue weighted by Crippen LogP contribution is -1.98. The molecule has 0 bridgehead atoms. The van der Waals surface area contributed by atoms with Crippen molar-refractivity contribution in [2.24, 2.45) is 0 Å². The van der Waals surface area contributed by atoms with Crippen molar-refractivity contribution < 1.29 is 0 Å². The van der Waals surface area contributed by atoms with Gasteiger partial charge in [-0.3, -0.25) is 4.98 Å². The maximum Gasteiger partial charge on any atom is 0.0475 e. The van der Waals surface area contributed by atoms with Crippen LogP contribution in [0.3, 0.4) is 0 Å². The van der Waals surface area contributed by atoms with E-state index in [0.29, 0.717) is 5.92 Å². The van der Waals surface area contributed by atoms with E-state index < -0.39 is 0 Å². The quantitative estimate of drug-likeness (QED) is 0.639. The molecule has 1 aromatic heterocycles. The van der Waals surface area contributed by atoms with Crippen LogP contribution in [0.4, 0.5) is 0 Å². The molecule has 1 heterocycles. The highest BCUT2D eigenvalue weighted by Gasteiger charge is 2.09. The lowest BCUT2D eigenvalue weighted by molar-refractivity contribution is 0.873. The highest BCUT2D eigenvalue weighted by molar-refractivity contribution is 5.83. The zero-order chi connectivity index (χ0) is 12.4. The number of hydrogen-bond donors (Lipinski definition) is 0. The van der Waals surface area contributed by atoms with E-state index >= 15 is 0 Å². The normalized spacial score (nSPS) is 12.5. The van der Waals surface area contributed by atoms with Gasteiger partial charge in [0.15, 0.2) is 0 Å². The highest BCUT2D eigenvalue weighted by atomic mass is 14.7. The molecule has 2 aromatic carbocycles. The molecule has 1 atom stereocenters. The van der Waals surface area contributed by atoms with Crippen LogP contribution in [0.15, 0.2) is 66.9 Å². The van der Waals surface area contributed by atoms with E-state index in [2.05, 4.69) is 60.4 Å². The SMILES string of the molecule is C[C@@H](c1ccc2ccccc2c1)c1ccccn1. The van der Waals surface area contributed by atoms with Gasteiger partial charge in [0.05, 0.1) is 0 Å². The van der Waals surface area contributed by atoms with Crippen molar-refractivity contribution in [1.29, 1.82) is 0 Å². The van der Waals surface area contributed by atoms with Crippen molar-refractivity contribution in [3.63, 3.8) is 0 Å². The molecule has 1 nitrogen and oxygen atoms in total. The lowest BCUT2D eigenvalue weighted by atomic mass is 9.95. The van der Waals surface area contributed by atoms with Gasteiger partial charge < -0.3 is 0 Å². The lowest BCUT2D eigenvalue weighted by Gasteiger charge is -2.12. The molecule has 0 aliphatic heterocycles. The van der Waals surface area contributed by atoms with Gasteiger partial charge >= 0.3 is 0 Å². The zero-order valence-corrected chi connectivity index (χ0v) is 10.4. The first-order valence-electron chi connectivity index (χ1n) is 6.24. The zero-order valence-electron chi connectivity index (χ0n) is 10.4. The van der Waals surface area contributed by atoms with Crippen LogP contribution >= 0.6 is 0 Å². The fourth-order valence-electron chi connectivity index (χ4n) is 2.28. The molecule has 0 saturated heterocycles. The number of fused-ring (bicyclic) bond motifs is 1. The summed E-state index contributed by atoms with van der Waals surface area (Å²) < 4.78 is 0. The Morgan fingerprint density at radius 2 is 1.61 bits per heavy atom. The first-order chi connectivity index (χ1) is 8.84. The van der Waals surface area contributed by atoms with Crippen molar-refractivity contribution >= 4 is 10.8 Å². The third-order valence-corrected chi connectivity index (χ3v) is 3.40. The molecule has 0 radical (unpaired) electrons. The molecular weight excluding hydrogens is 218 g/mol. The summed E-state index contributed by atoms with van der Waals surface area (Å²) in [5.74, 6) is 0.329. The van der Waals surface area contributed by atoms with E-state index in [-0.39, 0.29) is 0 Å². The summed E-state index contributed by atoms with van der Waals surface area (Å²) in [5, 5.41) is 2.58. The second-order valence-electron chi connectivity index (χ2n) is 4.58. The smallest absolute Gasteiger partial charge is 0.0475 e. The van der Waals surface area contributed by atoms with Crippen molar-refractivity contribution in [3.8, 4) is 0 Å². The predicted molar refractivity (Wildman–Crippen MR) is 75.7 cm³/mol. The Morgan fingerprint density at radius 3 is 2.39 bits per heavy atom. The topological polar surface area (TPSA) is 12.9 Å². The van der Waals surface area contributed by atoms with Gasteiger partial charge in [0, 0.05) is 17.8 Å². The maximum absolute atomic E-state index is 4.44. The molecule has 0 N–H and O–H groups in total. The molecule has 0 saturated carbocycles. The van der Waals surface area contributed by atoms with Gasteiger partial charge in [0.25, 0.3) is 0 Å². The van der Waals surface area contributed by atoms with Gasteiger partial charge in [0.2, 0.25) is 0 Å². The molecule has 0 spiro atoms. The monoisotopic (exact) mass is 233 g/mol. The van der Waals surface area contributed by atoms with E-state index in [0.717, 1.165) is 5.69 Å². The van der Waals surface area contributed by atoms with Crippen LogP contribution in [-0.4, -0.2) is 4.98 Å². The Bertz CT molecular complexity index is 659. The fourth-order valence-corrected chi connectivity index (χ4v) is 2.28. The maximum atomic E-state index is 4.44. The molecule has 88 valence electrons. The third kappa shape index (κ3) is 2.00. The minimum atomic E-state index is 0.329. The Kier molecular flexibility index (Phi) is 2.81. The van der Waals surface area contributed by atoms with Crippen molar-refractivity contribution in [1.82, 2.24) is 4.98 Å². The average molecular weight is 233 g/mol. The van der Waals surface area contributed by atoms with Crippen LogP contribution < -0.4 is 0 Å². The molecule has 3 rings (SSSR count). The second-order valence-corrected chi connectivity index (χ2v) is 4.58. The summed E-state index contributed by atoms with van der Waals surface area (Å²) in [6.07, 6.45) is 1.85. The van der Waals surface area contributed by atoms with E-state index in [4.69, 9.17) is 0 Å². The predicted octanol–water partition coefficient (Wildman–Crippen LogP) is 4.39. The number of aromatic nitrogens is 1. The molecule has 0 unspecified atom stereocenters. The average Bonchev–Trinajstić information content (AvgIpc) is 2.47. The largest absolute Gasteiger partial charge is 0.261 e. The number of benzene rings is 2. The number of nitrogens with zero attached hydrogens (tertiary/aromatic N) is 1. The van der Waals surface area contributed by atoms with Crippen molar-refractivity contribution in [2.45, 2.75) is 12.8 Å². The summed E-state index contributed by atoms with van der Waals surface area (Å²) in [6, 6.07) is 21.2. The van der Waals surface area contributed by atoms with Gasteiger partial charge in [-0.1, -0.05) is 55.5 Å². The van der Waals surface area contributed by atoms with E-state index in [1.165, 1.54) is 16.3 Å². The molecule has 3 aromatic rings. The van der Waals surface area contributed by atoms with Crippen molar-refractivity contribution in [2.75, 3.05) is 0 Å². The minimum absolute atomic E-state index is 0.329. The van der Waals surface area contributed by atoms with Gasteiger partial charge in [-0.2, -0.15) is 0 Å². The van der Waals surface area contributed by atoms with Crippen molar-refractivity contribution in [3.05, 3.63) is 78.1 Å². The summed E-state index contributed by atoms with van der Waals surface area (Å²) in [7, 11) is 0. The van der Waals surface area contributed by atoms with E-state index in [9.17, 15) is 0 Å². The van der Waals surface area contributed by atoms with Crippen LogP contribution in [0.25, 0.3) is 10.8 Å². The summed E-state index contributed by atoms with van der Waals surface area (Å²) in [5.41, 5.74) is 2.43. The Balaban J connectivity index is 2.04. The van der Waals surface area contributed by atoms with E-state index in [1.54, 1.807) is 0 Å². The van der Waals surface area contributed by atoms with Crippen LogP contribution in [0.1, 0.15) is 24.1 Å². The number of rotatable bonds is 2. The molecule has 0 aliphatic rings. The van der Waals surface area contributed by atoms with Crippen LogP contribution in [-0.2, 0) is 0 Å². The van der Waals surface area contributed by atoms with Gasteiger partial charge in [-0.05, 0) is 28.5 Å². The summed E-state index contributed by atoms with van der Waals surface area (Å²) in [4.78, 5) is 4.44. The Labute approximate surface area is 107 Å². The second kappa shape index (κ2) is 4.61. The molecule has 0 fully saturated rings. The summed E-state index contributed by atoms with van der Waals surface area (Å²) >= 11 is 0. The standard InChI is InChI=1S/C17H15N/c1-13(17-8-4-5-11-18-17)15-10-9-14-6-2-3-7-16(14)12-15/h2-13H,1H3/t13-/m0/s1. The minimum Gasteiger partial charge on any atom is -0.261 e. The first kappa shape index (κ1) is 11.0. The van der Waals surface area contributed by atoms with Gasteiger partial charge in [-0.25, -0.2) is 0 Å². The van der Waals surface area contributed by atoms with Crippen LogP contribution in [0.2, 0.25) is 0 Å². The molecule has 0 amide bonds. The van der Waals surface area contributed by atoms with Gasteiger partial charge in [0.1, 0.15) is 0 Å². The van der Waals surface area contributed by atoms with Crippen LogP contribution in [0.5, 0.6) is 0 Å². The van der Waals surface area contributed by atoms with E-state index in [1.807, 2.05) is 18.3 Å². The highest BCUT2D eigenvalue weighted by Crippen LogP contribution is 2.25.